The van der Waals surface area contributed by atoms with E-state index in [-0.39, 0.29) is 23.9 Å². The van der Waals surface area contributed by atoms with Crippen LogP contribution in [0.2, 0.25) is 5.02 Å². The van der Waals surface area contributed by atoms with Gasteiger partial charge < -0.3 is 5.32 Å². The van der Waals surface area contributed by atoms with Gasteiger partial charge in [0.05, 0.1) is 10.9 Å². The topological polar surface area (TPSA) is 69.7 Å². The van der Waals surface area contributed by atoms with E-state index < -0.39 is 21.9 Å². The maximum absolute atomic E-state index is 13.1. The molecular formula is C19H21ClFN3O3S. The minimum Gasteiger partial charge on any atom is -0.325 e. The quantitative estimate of drug-likeness (QED) is 0.799. The molecule has 1 amide bonds. The molecule has 1 heterocycles. The molecule has 0 unspecified atom stereocenters. The van der Waals surface area contributed by atoms with Crippen molar-refractivity contribution in [3.8, 4) is 0 Å². The lowest BCUT2D eigenvalue weighted by Gasteiger charge is -2.36. The summed E-state index contributed by atoms with van der Waals surface area (Å²) in [5.41, 5.74) is 0.613. The molecule has 2 aromatic rings. The van der Waals surface area contributed by atoms with E-state index in [2.05, 4.69) is 5.32 Å². The lowest BCUT2D eigenvalue weighted by atomic mass is 10.2. The first-order valence-electron chi connectivity index (χ1n) is 8.83. The molecule has 1 N–H and O–H groups in total. The number of anilines is 1. The van der Waals surface area contributed by atoms with Crippen molar-refractivity contribution in [3.63, 3.8) is 0 Å². The van der Waals surface area contributed by atoms with Gasteiger partial charge in [-0.25, -0.2) is 12.8 Å². The van der Waals surface area contributed by atoms with Crippen LogP contribution in [0.3, 0.4) is 0 Å². The fourth-order valence-electron chi connectivity index (χ4n) is 3.07. The van der Waals surface area contributed by atoms with Gasteiger partial charge in [0.15, 0.2) is 0 Å². The Morgan fingerprint density at radius 1 is 1.11 bits per heavy atom. The molecule has 1 aliphatic heterocycles. The van der Waals surface area contributed by atoms with Crippen LogP contribution in [0.5, 0.6) is 0 Å². The van der Waals surface area contributed by atoms with Crippen molar-refractivity contribution in [2.24, 2.45) is 0 Å². The normalized spacial score (nSPS) is 17.2. The Bertz CT molecular complexity index is 945. The van der Waals surface area contributed by atoms with Gasteiger partial charge in [-0.15, -0.1) is 0 Å². The molecule has 0 aromatic heterocycles. The number of amides is 1. The van der Waals surface area contributed by atoms with Gasteiger partial charge in [0.1, 0.15) is 5.82 Å². The van der Waals surface area contributed by atoms with E-state index in [1.165, 1.54) is 16.4 Å². The average molecular weight is 426 g/mol. The van der Waals surface area contributed by atoms with Crippen LogP contribution in [0.25, 0.3) is 0 Å². The molecule has 0 saturated carbocycles. The number of halogens is 2. The fourth-order valence-corrected chi connectivity index (χ4v) is 4.68. The summed E-state index contributed by atoms with van der Waals surface area (Å²) in [7, 11) is -3.68. The lowest BCUT2D eigenvalue weighted by Crippen LogP contribution is -2.53. The van der Waals surface area contributed by atoms with Crippen molar-refractivity contribution in [2.75, 3.05) is 31.5 Å². The highest BCUT2D eigenvalue weighted by atomic mass is 35.5. The molecule has 0 radical (unpaired) electrons. The molecule has 150 valence electrons. The third-order valence-corrected chi connectivity index (χ3v) is 6.89. The largest absolute Gasteiger partial charge is 0.325 e. The van der Waals surface area contributed by atoms with Gasteiger partial charge in [-0.2, -0.15) is 4.31 Å². The lowest BCUT2D eigenvalue weighted by molar-refractivity contribution is -0.121. The summed E-state index contributed by atoms with van der Waals surface area (Å²) in [6.07, 6.45) is 0. The molecule has 6 nitrogen and oxygen atoms in total. The zero-order chi connectivity index (χ0) is 20.3. The van der Waals surface area contributed by atoms with Crippen LogP contribution >= 0.6 is 11.6 Å². The molecule has 1 aliphatic rings. The van der Waals surface area contributed by atoms with Crippen LogP contribution in [-0.2, 0) is 14.8 Å². The number of piperazine rings is 1. The summed E-state index contributed by atoms with van der Waals surface area (Å²) >= 11 is 5.93. The maximum Gasteiger partial charge on any atom is 0.243 e. The third kappa shape index (κ3) is 4.70. The van der Waals surface area contributed by atoms with E-state index in [1.54, 1.807) is 31.2 Å². The Morgan fingerprint density at radius 3 is 2.36 bits per heavy atom. The van der Waals surface area contributed by atoms with Crippen molar-refractivity contribution < 1.29 is 17.6 Å². The second-order valence-corrected chi connectivity index (χ2v) is 8.94. The highest BCUT2D eigenvalue weighted by molar-refractivity contribution is 7.89. The van der Waals surface area contributed by atoms with Crippen LogP contribution in [0, 0.1) is 5.82 Å². The van der Waals surface area contributed by atoms with Gasteiger partial charge in [0, 0.05) is 36.9 Å². The molecule has 2 aromatic carbocycles. The Balaban J connectivity index is 1.59. The Labute approximate surface area is 168 Å². The molecule has 0 aliphatic carbocycles. The minimum atomic E-state index is -3.68. The van der Waals surface area contributed by atoms with Crippen molar-refractivity contribution >= 4 is 33.2 Å². The van der Waals surface area contributed by atoms with Crippen LogP contribution in [0.4, 0.5) is 10.1 Å². The molecule has 9 heteroatoms. The van der Waals surface area contributed by atoms with Crippen molar-refractivity contribution in [1.82, 2.24) is 9.21 Å². The number of nitrogens with zero attached hydrogens (tertiary/aromatic N) is 2. The first kappa shape index (κ1) is 20.7. The fraction of sp³-hybridized carbons (Fsp3) is 0.316. The van der Waals surface area contributed by atoms with E-state index in [9.17, 15) is 17.6 Å². The smallest absolute Gasteiger partial charge is 0.243 e. The Kier molecular flexibility index (Phi) is 6.34. The van der Waals surface area contributed by atoms with E-state index in [4.69, 9.17) is 11.6 Å². The Morgan fingerprint density at radius 2 is 1.75 bits per heavy atom. The molecule has 1 atom stereocenters. The average Bonchev–Trinajstić information content (AvgIpc) is 2.68. The molecule has 3 rings (SSSR count). The summed E-state index contributed by atoms with van der Waals surface area (Å²) < 4.78 is 39.8. The van der Waals surface area contributed by atoms with E-state index in [1.807, 2.05) is 4.90 Å². The first-order chi connectivity index (χ1) is 13.3. The van der Waals surface area contributed by atoms with Crippen molar-refractivity contribution in [3.05, 3.63) is 59.4 Å². The number of carbonyl (C=O) groups excluding carboxylic acids is 1. The standard InChI is InChI=1S/C19H21ClFN3O3S/c1-14(19(25)22-17-4-2-3-15(20)13-17)23-9-11-24(12-10-23)28(26,27)18-7-5-16(21)6-8-18/h2-8,13-14H,9-12H2,1H3,(H,22,25)/t14-/m1/s1. The van der Waals surface area contributed by atoms with Gasteiger partial charge in [-0.1, -0.05) is 17.7 Å². The van der Waals surface area contributed by atoms with Gasteiger partial charge in [-0.05, 0) is 49.4 Å². The van der Waals surface area contributed by atoms with Gasteiger partial charge in [0.2, 0.25) is 15.9 Å². The Hall–Kier alpha value is -2.00. The first-order valence-corrected chi connectivity index (χ1v) is 10.7. The number of hydrogen-bond donors (Lipinski definition) is 1. The number of rotatable bonds is 5. The SMILES string of the molecule is C[C@H](C(=O)Nc1cccc(Cl)c1)N1CCN(S(=O)(=O)c2ccc(F)cc2)CC1. The zero-order valence-corrected chi connectivity index (χ0v) is 16.9. The molecular weight excluding hydrogens is 405 g/mol. The third-order valence-electron chi connectivity index (χ3n) is 4.74. The summed E-state index contributed by atoms with van der Waals surface area (Å²) in [4.78, 5) is 14.5. The van der Waals surface area contributed by atoms with Gasteiger partial charge in [0.25, 0.3) is 0 Å². The van der Waals surface area contributed by atoms with E-state index >= 15 is 0 Å². The molecule has 0 spiro atoms. The summed E-state index contributed by atoms with van der Waals surface area (Å²) in [6.45, 7) is 3.14. The summed E-state index contributed by atoms with van der Waals surface area (Å²) in [5, 5.41) is 3.35. The molecule has 1 saturated heterocycles. The second-order valence-electron chi connectivity index (χ2n) is 6.57. The minimum absolute atomic E-state index is 0.0640. The highest BCUT2D eigenvalue weighted by Crippen LogP contribution is 2.20. The predicted molar refractivity (Wildman–Crippen MR) is 106 cm³/mol. The number of benzene rings is 2. The predicted octanol–water partition coefficient (Wildman–Crippen LogP) is 2.81. The maximum atomic E-state index is 13.1. The van der Waals surface area contributed by atoms with Crippen LogP contribution in [0.1, 0.15) is 6.92 Å². The van der Waals surface area contributed by atoms with Crippen LogP contribution in [0.15, 0.2) is 53.4 Å². The highest BCUT2D eigenvalue weighted by Gasteiger charge is 2.31. The van der Waals surface area contributed by atoms with Crippen molar-refractivity contribution in [1.29, 1.82) is 0 Å². The summed E-state index contributed by atoms with van der Waals surface area (Å²) in [5.74, 6) is -0.666. The number of nitrogens with one attached hydrogen (secondary N) is 1. The van der Waals surface area contributed by atoms with Gasteiger partial charge >= 0.3 is 0 Å². The summed E-state index contributed by atoms with van der Waals surface area (Å²) in [6, 6.07) is 11.3. The molecule has 1 fully saturated rings. The monoisotopic (exact) mass is 425 g/mol. The van der Waals surface area contributed by atoms with Gasteiger partial charge in [-0.3, -0.25) is 9.69 Å². The number of carbonyl (C=O) groups is 1. The number of hydrogen-bond acceptors (Lipinski definition) is 4. The van der Waals surface area contributed by atoms with Crippen LogP contribution < -0.4 is 5.32 Å². The van der Waals surface area contributed by atoms with E-state index in [0.717, 1.165) is 12.1 Å². The number of sulfonamides is 1. The molecule has 28 heavy (non-hydrogen) atoms. The van der Waals surface area contributed by atoms with Crippen molar-refractivity contribution in [2.45, 2.75) is 17.9 Å². The second kappa shape index (κ2) is 8.57. The molecule has 0 bridgehead atoms. The van der Waals surface area contributed by atoms with Crippen LogP contribution in [-0.4, -0.2) is 55.8 Å². The zero-order valence-electron chi connectivity index (χ0n) is 15.3. The van der Waals surface area contributed by atoms with E-state index in [0.29, 0.717) is 23.8 Å².